The number of quaternary nitrogens is 1. The fraction of sp³-hybridized carbons (Fsp3) is 0.200. The zero-order valence-corrected chi connectivity index (χ0v) is 14.9. The molecule has 0 saturated carbocycles. The predicted molar refractivity (Wildman–Crippen MR) is 99.3 cm³/mol. The third kappa shape index (κ3) is 3.36. The van der Waals surface area contributed by atoms with Crippen LogP contribution in [0.1, 0.15) is 23.6 Å². The molecule has 0 bridgehead atoms. The predicted octanol–water partition coefficient (Wildman–Crippen LogP) is 2.39. The molecule has 0 spiro atoms. The molecule has 3 rings (SSSR count). The van der Waals surface area contributed by atoms with Crippen LogP contribution in [-0.4, -0.2) is 34.8 Å². The zero-order valence-electron chi connectivity index (χ0n) is 14.2. The summed E-state index contributed by atoms with van der Waals surface area (Å²) in [5.41, 5.74) is 5.14. The van der Waals surface area contributed by atoms with Crippen molar-refractivity contribution in [1.82, 2.24) is 4.90 Å². The summed E-state index contributed by atoms with van der Waals surface area (Å²) in [5.74, 6) is -1.45. The molecule has 1 aliphatic rings. The molecule has 1 amide bonds. The molecule has 0 aromatic heterocycles. The number of aliphatic hydroxyl groups excluding tert-OH is 1. The van der Waals surface area contributed by atoms with E-state index in [4.69, 9.17) is 11.6 Å². The third-order valence-electron chi connectivity index (χ3n) is 4.42. The molecule has 134 valence electrons. The number of nitrogens with zero attached hydrogens (tertiary/aromatic N) is 1. The van der Waals surface area contributed by atoms with Crippen molar-refractivity contribution in [2.75, 3.05) is 13.1 Å². The summed E-state index contributed by atoms with van der Waals surface area (Å²) in [5, 5.41) is 11.3. The van der Waals surface area contributed by atoms with Crippen molar-refractivity contribution in [3.63, 3.8) is 0 Å². The van der Waals surface area contributed by atoms with Crippen LogP contribution in [-0.2, 0) is 9.59 Å². The Morgan fingerprint density at radius 2 is 1.73 bits per heavy atom. The largest absolute Gasteiger partial charge is 0.507 e. The van der Waals surface area contributed by atoms with Crippen molar-refractivity contribution in [2.45, 2.75) is 12.5 Å². The highest BCUT2D eigenvalue weighted by molar-refractivity contribution is 6.46. The smallest absolute Gasteiger partial charge is 0.295 e. The maximum atomic E-state index is 12.7. The number of amides is 1. The highest BCUT2D eigenvalue weighted by Gasteiger charge is 2.45. The Bertz CT molecular complexity index is 847. The molecule has 4 N–H and O–H groups in total. The van der Waals surface area contributed by atoms with Crippen LogP contribution in [0.2, 0.25) is 5.02 Å². The van der Waals surface area contributed by atoms with Gasteiger partial charge in [0, 0.05) is 23.6 Å². The van der Waals surface area contributed by atoms with Gasteiger partial charge in [-0.2, -0.15) is 0 Å². The number of carbonyl (C=O) groups is 2. The van der Waals surface area contributed by atoms with Gasteiger partial charge in [0.25, 0.3) is 11.7 Å². The van der Waals surface area contributed by atoms with Crippen molar-refractivity contribution in [2.24, 2.45) is 0 Å². The van der Waals surface area contributed by atoms with Crippen LogP contribution in [0.15, 0.2) is 60.2 Å². The molecule has 2 aromatic rings. The number of ketones is 1. The molecule has 5 nitrogen and oxygen atoms in total. The maximum Gasteiger partial charge on any atom is 0.295 e. The van der Waals surface area contributed by atoms with Crippen LogP contribution in [0.4, 0.5) is 0 Å². The van der Waals surface area contributed by atoms with Gasteiger partial charge in [-0.1, -0.05) is 41.9 Å². The molecule has 1 fully saturated rings. The standard InChI is InChI=1S/C20H19ClN2O3/c21-15-9-7-14(8-10-15)18(24)16-17(13-5-2-1-3-6-13)23(12-4-11-22)20(26)19(16)25/h1-3,5-10,17,24H,4,11-12,22H2/p+1/t17-/m1/s1. The topological polar surface area (TPSA) is 85.3 Å². The summed E-state index contributed by atoms with van der Waals surface area (Å²) < 4.78 is 0. The Kier molecular flexibility index (Phi) is 5.40. The van der Waals surface area contributed by atoms with E-state index in [9.17, 15) is 14.7 Å². The second kappa shape index (κ2) is 7.72. The van der Waals surface area contributed by atoms with E-state index >= 15 is 0 Å². The van der Waals surface area contributed by atoms with Gasteiger partial charge >= 0.3 is 0 Å². The lowest BCUT2D eigenvalue weighted by molar-refractivity contribution is -0.368. The average Bonchev–Trinajstić information content (AvgIpc) is 2.91. The lowest BCUT2D eigenvalue weighted by Crippen LogP contribution is -2.51. The summed E-state index contributed by atoms with van der Waals surface area (Å²) >= 11 is 5.90. The molecular weight excluding hydrogens is 352 g/mol. The van der Waals surface area contributed by atoms with E-state index in [2.05, 4.69) is 5.73 Å². The Morgan fingerprint density at radius 3 is 2.35 bits per heavy atom. The first-order chi connectivity index (χ1) is 12.5. The summed E-state index contributed by atoms with van der Waals surface area (Å²) in [6.07, 6.45) is 0.678. The first-order valence-electron chi connectivity index (χ1n) is 8.43. The van der Waals surface area contributed by atoms with Crippen LogP contribution < -0.4 is 5.73 Å². The van der Waals surface area contributed by atoms with Crippen LogP contribution in [0.25, 0.3) is 5.76 Å². The van der Waals surface area contributed by atoms with E-state index in [1.807, 2.05) is 30.3 Å². The third-order valence-corrected chi connectivity index (χ3v) is 4.67. The number of halogens is 1. The van der Waals surface area contributed by atoms with E-state index in [1.165, 1.54) is 4.90 Å². The lowest BCUT2D eigenvalue weighted by Gasteiger charge is -2.24. The van der Waals surface area contributed by atoms with Crippen molar-refractivity contribution < 1.29 is 20.4 Å². The molecule has 2 aromatic carbocycles. The van der Waals surface area contributed by atoms with E-state index in [0.29, 0.717) is 30.1 Å². The molecule has 0 unspecified atom stereocenters. The van der Waals surface area contributed by atoms with Crippen molar-refractivity contribution in [3.8, 4) is 0 Å². The van der Waals surface area contributed by atoms with Gasteiger partial charge in [0.2, 0.25) is 0 Å². The quantitative estimate of drug-likeness (QED) is 0.480. The van der Waals surface area contributed by atoms with E-state index in [1.54, 1.807) is 24.3 Å². The Labute approximate surface area is 156 Å². The zero-order chi connectivity index (χ0) is 18.7. The van der Waals surface area contributed by atoms with Gasteiger partial charge < -0.3 is 15.7 Å². The lowest BCUT2D eigenvalue weighted by atomic mass is 9.95. The Morgan fingerprint density at radius 1 is 1.08 bits per heavy atom. The fourth-order valence-electron chi connectivity index (χ4n) is 3.14. The first-order valence-corrected chi connectivity index (χ1v) is 8.81. The number of hydrogen-bond acceptors (Lipinski definition) is 3. The number of benzene rings is 2. The number of likely N-dealkylation sites (tertiary alicyclic amines) is 1. The monoisotopic (exact) mass is 371 g/mol. The Hall–Kier alpha value is -2.63. The van der Waals surface area contributed by atoms with E-state index in [-0.39, 0.29) is 11.3 Å². The molecule has 1 aliphatic heterocycles. The SMILES string of the molecule is [NH3+]CCCN1C(=O)C(=O)C(=C(O)c2ccc(Cl)cc2)[C@H]1c1ccccc1. The van der Waals surface area contributed by atoms with Crippen molar-refractivity contribution in [3.05, 3.63) is 76.3 Å². The summed E-state index contributed by atoms with van der Waals surface area (Å²) in [6, 6.07) is 15.2. The van der Waals surface area contributed by atoms with Crippen LogP contribution in [0.3, 0.4) is 0 Å². The van der Waals surface area contributed by atoms with Gasteiger partial charge in [-0.05, 0) is 29.8 Å². The maximum absolute atomic E-state index is 12.7. The summed E-state index contributed by atoms with van der Waals surface area (Å²) in [6.45, 7) is 1.06. The van der Waals surface area contributed by atoms with Crippen LogP contribution in [0, 0.1) is 0 Å². The minimum atomic E-state index is -0.671. The number of rotatable bonds is 5. The highest BCUT2D eigenvalue weighted by atomic mass is 35.5. The number of carbonyl (C=O) groups excluding carboxylic acids is 2. The van der Waals surface area contributed by atoms with Gasteiger partial charge in [0.1, 0.15) is 5.76 Å². The van der Waals surface area contributed by atoms with Gasteiger partial charge in [-0.3, -0.25) is 9.59 Å². The van der Waals surface area contributed by atoms with E-state index < -0.39 is 17.7 Å². The van der Waals surface area contributed by atoms with Crippen LogP contribution >= 0.6 is 11.6 Å². The average molecular weight is 372 g/mol. The Balaban J connectivity index is 2.14. The molecule has 26 heavy (non-hydrogen) atoms. The van der Waals surface area contributed by atoms with Crippen LogP contribution in [0.5, 0.6) is 0 Å². The second-order valence-electron chi connectivity index (χ2n) is 6.12. The van der Waals surface area contributed by atoms with Gasteiger partial charge in [-0.25, -0.2) is 0 Å². The summed E-state index contributed by atoms with van der Waals surface area (Å²) in [4.78, 5) is 26.8. The molecule has 1 atom stereocenters. The first kappa shape index (κ1) is 18.2. The fourth-order valence-corrected chi connectivity index (χ4v) is 3.26. The van der Waals surface area contributed by atoms with Gasteiger partial charge in [0.15, 0.2) is 0 Å². The molecule has 1 heterocycles. The second-order valence-corrected chi connectivity index (χ2v) is 6.55. The molecule has 1 saturated heterocycles. The minimum absolute atomic E-state index is 0.104. The molecular formula is C20H20ClN2O3+. The van der Waals surface area contributed by atoms with E-state index in [0.717, 1.165) is 5.56 Å². The number of hydrogen-bond donors (Lipinski definition) is 2. The normalized spacial score (nSPS) is 19.2. The minimum Gasteiger partial charge on any atom is -0.507 e. The number of aliphatic hydroxyl groups is 1. The molecule has 6 heteroatoms. The van der Waals surface area contributed by atoms with Crippen molar-refractivity contribution >= 4 is 29.1 Å². The molecule has 0 radical (unpaired) electrons. The number of Topliss-reactive ketones (excluding diaryl/α,β-unsaturated/α-hetero) is 1. The highest BCUT2D eigenvalue weighted by Crippen LogP contribution is 2.39. The van der Waals surface area contributed by atoms with Gasteiger partial charge in [0.05, 0.1) is 18.2 Å². The summed E-state index contributed by atoms with van der Waals surface area (Å²) in [7, 11) is 0. The van der Waals surface area contributed by atoms with Gasteiger partial charge in [-0.15, -0.1) is 0 Å². The molecule has 0 aliphatic carbocycles. The van der Waals surface area contributed by atoms with Crippen molar-refractivity contribution in [1.29, 1.82) is 0 Å².